The average Bonchev–Trinajstić information content (AvgIpc) is 3.35. The van der Waals surface area contributed by atoms with Gasteiger partial charge in [-0.15, -0.1) is 0 Å². The van der Waals surface area contributed by atoms with Crippen molar-refractivity contribution in [1.82, 2.24) is 9.21 Å². The number of Topliss-reactive ketones (excluding diaryl/α,β-unsaturated/α-hetero) is 1. The molecule has 0 unspecified atom stereocenters. The predicted octanol–water partition coefficient (Wildman–Crippen LogP) is 2.63. The minimum atomic E-state index is -3.76. The van der Waals surface area contributed by atoms with Gasteiger partial charge in [0.15, 0.2) is 5.78 Å². The molecule has 188 valence electrons. The monoisotopic (exact) mass is 504 g/mol. The number of benzene rings is 2. The first kappa shape index (κ1) is 24.3. The normalized spacial score (nSPS) is 22.2. The molecule has 0 bridgehead atoms. The van der Waals surface area contributed by atoms with E-state index in [1.54, 1.807) is 12.1 Å². The van der Waals surface area contributed by atoms with E-state index >= 15 is 0 Å². The van der Waals surface area contributed by atoms with Crippen molar-refractivity contribution in [3.8, 4) is 5.75 Å². The molecule has 1 spiro atoms. The highest BCUT2D eigenvalue weighted by Crippen LogP contribution is 2.43. The minimum absolute atomic E-state index is 0.0336. The first-order valence-electron chi connectivity index (χ1n) is 11.8. The third-order valence-corrected chi connectivity index (χ3v) is 8.99. The van der Waals surface area contributed by atoms with Crippen molar-refractivity contribution >= 4 is 15.8 Å². The van der Waals surface area contributed by atoms with Crippen molar-refractivity contribution in [2.45, 2.75) is 23.5 Å². The number of hydrogen-bond acceptors (Lipinski definition) is 7. The summed E-state index contributed by atoms with van der Waals surface area (Å²) in [5.41, 5.74) is 1.03. The number of methoxy groups -OCH3 is 1. The van der Waals surface area contributed by atoms with Crippen molar-refractivity contribution in [3.05, 3.63) is 59.4 Å². The molecule has 2 aromatic carbocycles. The molecule has 3 heterocycles. The van der Waals surface area contributed by atoms with E-state index in [2.05, 4.69) is 4.90 Å². The Balaban J connectivity index is 1.25. The van der Waals surface area contributed by atoms with Crippen LogP contribution in [0.25, 0.3) is 0 Å². The second kappa shape index (κ2) is 9.59. The van der Waals surface area contributed by atoms with E-state index in [-0.39, 0.29) is 35.5 Å². The number of ketones is 1. The highest BCUT2D eigenvalue weighted by Gasteiger charge is 2.50. The summed E-state index contributed by atoms with van der Waals surface area (Å²) in [4.78, 5) is 15.1. The van der Waals surface area contributed by atoms with Crippen molar-refractivity contribution < 1.29 is 31.8 Å². The second-order valence-electron chi connectivity index (χ2n) is 9.14. The fourth-order valence-corrected chi connectivity index (χ4v) is 6.83. The van der Waals surface area contributed by atoms with E-state index in [1.807, 2.05) is 0 Å². The highest BCUT2D eigenvalue weighted by molar-refractivity contribution is 7.89. The predicted molar refractivity (Wildman–Crippen MR) is 125 cm³/mol. The van der Waals surface area contributed by atoms with Gasteiger partial charge >= 0.3 is 0 Å². The number of likely N-dealkylation sites (tertiary alicyclic amines) is 1. The summed E-state index contributed by atoms with van der Waals surface area (Å²) in [6, 6.07) is 10.6. The van der Waals surface area contributed by atoms with Gasteiger partial charge in [-0.3, -0.25) is 4.79 Å². The molecule has 3 aliphatic rings. The molecule has 3 aliphatic heterocycles. The summed E-state index contributed by atoms with van der Waals surface area (Å²) < 4.78 is 58.7. The van der Waals surface area contributed by atoms with Gasteiger partial charge in [-0.25, -0.2) is 12.8 Å². The van der Waals surface area contributed by atoms with Crippen molar-refractivity contribution in [2.75, 3.05) is 53.0 Å². The topological polar surface area (TPSA) is 85.4 Å². The van der Waals surface area contributed by atoms with E-state index in [9.17, 15) is 17.6 Å². The van der Waals surface area contributed by atoms with Gasteiger partial charge in [-0.2, -0.15) is 4.31 Å². The van der Waals surface area contributed by atoms with E-state index < -0.39 is 15.8 Å². The van der Waals surface area contributed by atoms with Crippen LogP contribution in [0, 0.1) is 11.7 Å². The average molecular weight is 505 g/mol. The Morgan fingerprint density at radius 3 is 2.43 bits per heavy atom. The van der Waals surface area contributed by atoms with Crippen LogP contribution >= 0.6 is 0 Å². The van der Waals surface area contributed by atoms with Crippen molar-refractivity contribution in [2.24, 2.45) is 5.92 Å². The summed E-state index contributed by atoms with van der Waals surface area (Å²) in [7, 11) is -2.26. The fraction of sp³-hybridized carbons (Fsp3) is 0.480. The zero-order valence-electron chi connectivity index (χ0n) is 19.6. The molecule has 8 nitrogen and oxygen atoms in total. The van der Waals surface area contributed by atoms with Crippen LogP contribution in [-0.4, -0.2) is 76.5 Å². The van der Waals surface area contributed by atoms with Crippen molar-refractivity contribution in [3.63, 3.8) is 0 Å². The third-order valence-electron chi connectivity index (χ3n) is 7.11. The molecule has 35 heavy (non-hydrogen) atoms. The van der Waals surface area contributed by atoms with Crippen LogP contribution in [0.4, 0.5) is 4.39 Å². The number of carbonyl (C=O) groups is 1. The maximum Gasteiger partial charge on any atom is 0.243 e. The summed E-state index contributed by atoms with van der Waals surface area (Å²) in [5.74, 6) is -1.10. The molecule has 0 aliphatic carbocycles. The number of carbonyl (C=O) groups excluding carboxylic acids is 1. The number of nitrogens with zero attached hydrogens (tertiary/aromatic N) is 2. The van der Waals surface area contributed by atoms with E-state index in [0.717, 1.165) is 0 Å². The van der Waals surface area contributed by atoms with E-state index in [4.69, 9.17) is 14.2 Å². The summed E-state index contributed by atoms with van der Waals surface area (Å²) in [6.45, 7) is 3.08. The molecule has 2 fully saturated rings. The lowest BCUT2D eigenvalue weighted by Crippen LogP contribution is -2.52. The maximum atomic E-state index is 13.5. The van der Waals surface area contributed by atoms with Gasteiger partial charge in [0, 0.05) is 36.2 Å². The summed E-state index contributed by atoms with van der Waals surface area (Å²) in [5, 5.41) is 0. The van der Waals surface area contributed by atoms with Crippen LogP contribution in [0.2, 0.25) is 0 Å². The van der Waals surface area contributed by atoms with Gasteiger partial charge in [-0.1, -0.05) is 0 Å². The first-order valence-corrected chi connectivity index (χ1v) is 13.3. The molecule has 0 atom stereocenters. The number of halogens is 1. The molecule has 2 aromatic rings. The Bertz CT molecular complexity index is 1190. The zero-order valence-corrected chi connectivity index (χ0v) is 20.4. The molecule has 0 N–H and O–H groups in total. The standard InChI is InChI=1S/C25H29FN2O6S/c1-32-21-6-7-22-23(16-21)35(30,31)28(17-25(22)33-14-15-34-25)13-12-27-10-8-19(9-11-27)24(29)18-2-4-20(26)5-3-18/h2-7,16,19H,8-15,17H2,1H3. The molecule has 0 aromatic heterocycles. The van der Waals surface area contributed by atoms with Crippen LogP contribution in [0.5, 0.6) is 5.75 Å². The lowest BCUT2D eigenvalue weighted by atomic mass is 9.89. The Morgan fingerprint density at radius 1 is 1.09 bits per heavy atom. The van der Waals surface area contributed by atoms with Crippen LogP contribution < -0.4 is 4.74 Å². The number of sulfonamides is 1. The van der Waals surface area contributed by atoms with Crippen LogP contribution in [-0.2, 0) is 25.3 Å². The summed E-state index contributed by atoms with van der Waals surface area (Å²) >= 11 is 0. The van der Waals surface area contributed by atoms with E-state index in [1.165, 1.54) is 41.7 Å². The van der Waals surface area contributed by atoms with E-state index in [0.29, 0.717) is 62.6 Å². The molecule has 0 amide bonds. The molecule has 5 rings (SSSR count). The Kier molecular flexibility index (Phi) is 6.67. The maximum absolute atomic E-state index is 13.5. The number of piperidine rings is 1. The van der Waals surface area contributed by atoms with Gasteiger partial charge < -0.3 is 19.1 Å². The molecule has 10 heteroatoms. The number of fused-ring (bicyclic) bond motifs is 2. The minimum Gasteiger partial charge on any atom is -0.497 e. The van der Waals surface area contributed by atoms with Gasteiger partial charge in [0.05, 0.1) is 31.8 Å². The number of rotatable bonds is 6. The quantitative estimate of drug-likeness (QED) is 0.559. The molecule has 0 radical (unpaired) electrons. The van der Waals surface area contributed by atoms with Crippen LogP contribution in [0.3, 0.4) is 0 Å². The lowest BCUT2D eigenvalue weighted by Gasteiger charge is -2.40. The lowest BCUT2D eigenvalue weighted by molar-refractivity contribution is -0.176. The number of ether oxygens (including phenoxy) is 3. The largest absolute Gasteiger partial charge is 0.497 e. The van der Waals surface area contributed by atoms with Gasteiger partial charge in [0.1, 0.15) is 11.6 Å². The van der Waals surface area contributed by atoms with Gasteiger partial charge in [0.2, 0.25) is 15.8 Å². The van der Waals surface area contributed by atoms with Gasteiger partial charge in [-0.05, 0) is 62.3 Å². The van der Waals surface area contributed by atoms with Crippen LogP contribution in [0.15, 0.2) is 47.4 Å². The molecule has 0 saturated carbocycles. The Morgan fingerprint density at radius 2 is 1.77 bits per heavy atom. The second-order valence-corrected chi connectivity index (χ2v) is 11.0. The third kappa shape index (κ3) is 4.61. The van der Waals surface area contributed by atoms with Gasteiger partial charge in [0.25, 0.3) is 0 Å². The molecule has 2 saturated heterocycles. The van der Waals surface area contributed by atoms with Crippen molar-refractivity contribution in [1.29, 1.82) is 0 Å². The SMILES string of the molecule is COc1ccc2c(c1)S(=O)(=O)N(CCN1CCC(C(=O)c3ccc(F)cc3)CC1)CC21OCCO1. The number of hydrogen-bond donors (Lipinski definition) is 0. The smallest absolute Gasteiger partial charge is 0.243 e. The molecular formula is C25H29FN2O6S. The Hall–Kier alpha value is -2.37. The Labute approximate surface area is 204 Å². The highest BCUT2D eigenvalue weighted by atomic mass is 32.2. The fourth-order valence-electron chi connectivity index (χ4n) is 5.12. The zero-order chi connectivity index (χ0) is 24.6. The molecular weight excluding hydrogens is 475 g/mol. The first-order chi connectivity index (χ1) is 16.8. The summed E-state index contributed by atoms with van der Waals surface area (Å²) in [6.07, 6.45) is 1.36. The van der Waals surface area contributed by atoms with Crippen LogP contribution in [0.1, 0.15) is 28.8 Å².